The first-order chi connectivity index (χ1) is 9.84. The van der Waals surface area contributed by atoms with E-state index < -0.39 is 0 Å². The van der Waals surface area contributed by atoms with Crippen LogP contribution in [-0.2, 0) is 4.74 Å². The van der Waals surface area contributed by atoms with E-state index in [-0.39, 0.29) is 17.7 Å². The van der Waals surface area contributed by atoms with E-state index in [2.05, 4.69) is 10.3 Å². The highest BCUT2D eigenvalue weighted by molar-refractivity contribution is 5.54. The Labute approximate surface area is 125 Å². The maximum atomic E-state index is 9.71. The smallest absolute Gasteiger partial charge is 0.239 e. The number of nitrogens with two attached hydrogens (primary N) is 1. The average molecular weight is 295 g/mol. The zero-order valence-electron chi connectivity index (χ0n) is 13.0. The molecule has 0 radical (unpaired) electrons. The average Bonchev–Trinajstić information content (AvgIpc) is 2.42. The van der Waals surface area contributed by atoms with Gasteiger partial charge in [-0.05, 0) is 45.7 Å². The van der Waals surface area contributed by atoms with Gasteiger partial charge in [0.25, 0.3) is 0 Å². The van der Waals surface area contributed by atoms with Crippen LogP contribution >= 0.6 is 0 Å². The van der Waals surface area contributed by atoms with Gasteiger partial charge >= 0.3 is 0 Å². The third-order valence-electron chi connectivity index (χ3n) is 3.44. The van der Waals surface area contributed by atoms with Crippen LogP contribution < -0.4 is 15.8 Å². The number of nitrogens with one attached hydrogen (secondary N) is 1. The third-order valence-corrected chi connectivity index (χ3v) is 3.44. The Hall–Kier alpha value is -1.53. The molecule has 6 heteroatoms. The first-order valence-corrected chi connectivity index (χ1v) is 7.26. The van der Waals surface area contributed by atoms with Crippen LogP contribution in [0.5, 0.6) is 5.88 Å². The minimum Gasteiger partial charge on any atom is -0.470 e. The molecule has 0 aliphatic carbocycles. The molecule has 1 aromatic rings. The fraction of sp³-hybridized carbons (Fsp3) is 0.667. The maximum absolute atomic E-state index is 9.71. The van der Waals surface area contributed by atoms with E-state index in [9.17, 15) is 5.11 Å². The van der Waals surface area contributed by atoms with Crippen molar-refractivity contribution in [1.82, 2.24) is 4.98 Å². The Morgan fingerprint density at radius 3 is 2.62 bits per heavy atom. The van der Waals surface area contributed by atoms with Gasteiger partial charge in [-0.2, -0.15) is 4.98 Å². The highest BCUT2D eigenvalue weighted by Crippen LogP contribution is 2.29. The molecule has 21 heavy (non-hydrogen) atoms. The van der Waals surface area contributed by atoms with Gasteiger partial charge in [0.2, 0.25) is 5.88 Å². The monoisotopic (exact) mass is 295 g/mol. The number of nitrogen functional groups attached to an aromatic ring is 1. The lowest BCUT2D eigenvalue weighted by molar-refractivity contribution is 0.0378. The van der Waals surface area contributed by atoms with Crippen molar-refractivity contribution in [3.8, 4) is 5.88 Å². The topological polar surface area (TPSA) is 89.6 Å². The SMILES string of the molecule is CC(C)(C)Oc1nc(NC2(CO)CCOCC2)ccc1N. The van der Waals surface area contributed by atoms with Crippen LogP contribution in [0.25, 0.3) is 0 Å². The number of aliphatic hydroxyl groups excluding tert-OH is 1. The number of aliphatic hydroxyl groups is 1. The van der Waals surface area contributed by atoms with Crippen LogP contribution in [0.3, 0.4) is 0 Å². The molecule has 0 aromatic carbocycles. The number of hydrogen-bond acceptors (Lipinski definition) is 6. The standard InChI is InChI=1S/C15H25N3O3/c1-14(2,3)21-13-11(16)4-5-12(17-13)18-15(10-19)6-8-20-9-7-15/h4-5,19H,6-10,16H2,1-3H3,(H,17,18). The zero-order chi connectivity index (χ0) is 15.5. The summed E-state index contributed by atoms with van der Waals surface area (Å²) in [7, 11) is 0. The second-order valence-corrected chi connectivity index (χ2v) is 6.48. The van der Waals surface area contributed by atoms with Crippen LogP contribution in [-0.4, -0.2) is 41.1 Å². The molecule has 4 N–H and O–H groups in total. The molecule has 0 spiro atoms. The maximum Gasteiger partial charge on any atom is 0.239 e. The second-order valence-electron chi connectivity index (χ2n) is 6.48. The van der Waals surface area contributed by atoms with Crippen LogP contribution in [0.15, 0.2) is 12.1 Å². The lowest BCUT2D eigenvalue weighted by Gasteiger charge is -2.37. The van der Waals surface area contributed by atoms with Crippen molar-refractivity contribution in [3.63, 3.8) is 0 Å². The van der Waals surface area contributed by atoms with E-state index in [1.54, 1.807) is 12.1 Å². The predicted octanol–water partition coefficient (Wildman–Crippen LogP) is 1.79. The summed E-state index contributed by atoms with van der Waals surface area (Å²) in [5.41, 5.74) is 5.65. The molecule has 1 saturated heterocycles. The van der Waals surface area contributed by atoms with Crippen molar-refractivity contribution in [2.75, 3.05) is 30.9 Å². The zero-order valence-corrected chi connectivity index (χ0v) is 13.0. The number of pyridine rings is 1. The summed E-state index contributed by atoms with van der Waals surface area (Å²) >= 11 is 0. The van der Waals surface area contributed by atoms with E-state index in [1.807, 2.05) is 20.8 Å². The van der Waals surface area contributed by atoms with Crippen LogP contribution in [0.2, 0.25) is 0 Å². The van der Waals surface area contributed by atoms with Gasteiger partial charge in [0.05, 0.1) is 17.8 Å². The fourth-order valence-corrected chi connectivity index (χ4v) is 2.25. The molecule has 1 aliphatic rings. The van der Waals surface area contributed by atoms with E-state index in [4.69, 9.17) is 15.2 Å². The Bertz CT molecular complexity index is 480. The van der Waals surface area contributed by atoms with Gasteiger partial charge in [-0.15, -0.1) is 0 Å². The Morgan fingerprint density at radius 2 is 2.05 bits per heavy atom. The highest BCUT2D eigenvalue weighted by atomic mass is 16.5. The molecule has 0 amide bonds. The summed E-state index contributed by atoms with van der Waals surface area (Å²) in [5, 5.41) is 13.0. The molecule has 1 aliphatic heterocycles. The summed E-state index contributed by atoms with van der Waals surface area (Å²) < 4.78 is 11.1. The van der Waals surface area contributed by atoms with Crippen LogP contribution in [0.4, 0.5) is 11.5 Å². The molecular formula is C15H25N3O3. The Morgan fingerprint density at radius 1 is 1.38 bits per heavy atom. The van der Waals surface area contributed by atoms with Gasteiger partial charge in [0.1, 0.15) is 11.4 Å². The van der Waals surface area contributed by atoms with Crippen molar-refractivity contribution < 1.29 is 14.6 Å². The quantitative estimate of drug-likeness (QED) is 0.784. The lowest BCUT2D eigenvalue weighted by Crippen LogP contribution is -2.47. The summed E-state index contributed by atoms with van der Waals surface area (Å²) in [5.74, 6) is 1.06. The largest absolute Gasteiger partial charge is 0.470 e. The molecule has 118 valence electrons. The molecule has 1 aromatic heterocycles. The molecule has 6 nitrogen and oxygen atoms in total. The van der Waals surface area contributed by atoms with E-state index >= 15 is 0 Å². The molecular weight excluding hydrogens is 270 g/mol. The number of anilines is 2. The molecule has 2 heterocycles. The lowest BCUT2D eigenvalue weighted by atomic mass is 9.91. The highest BCUT2D eigenvalue weighted by Gasteiger charge is 2.32. The first kappa shape index (κ1) is 15.9. The van der Waals surface area contributed by atoms with E-state index in [1.165, 1.54) is 0 Å². The van der Waals surface area contributed by atoms with E-state index in [0.717, 1.165) is 12.8 Å². The summed E-state index contributed by atoms with van der Waals surface area (Å²) in [6.45, 7) is 7.14. The van der Waals surface area contributed by atoms with Crippen molar-refractivity contribution in [1.29, 1.82) is 0 Å². The number of nitrogens with zero attached hydrogens (tertiary/aromatic N) is 1. The third kappa shape index (κ3) is 4.22. The summed E-state index contributed by atoms with van der Waals surface area (Å²) in [6.07, 6.45) is 1.48. The van der Waals surface area contributed by atoms with Gasteiger partial charge in [0.15, 0.2) is 0 Å². The number of hydrogen-bond donors (Lipinski definition) is 3. The minimum atomic E-state index is -0.389. The Balaban J connectivity index is 2.18. The number of aromatic nitrogens is 1. The van der Waals surface area contributed by atoms with Gasteiger partial charge in [0, 0.05) is 13.2 Å². The minimum absolute atomic E-state index is 0.0396. The van der Waals surface area contributed by atoms with Crippen LogP contribution in [0, 0.1) is 0 Å². The van der Waals surface area contributed by atoms with Gasteiger partial charge in [-0.3, -0.25) is 0 Å². The van der Waals surface area contributed by atoms with Crippen molar-refractivity contribution in [2.45, 2.75) is 44.8 Å². The van der Waals surface area contributed by atoms with Crippen molar-refractivity contribution >= 4 is 11.5 Å². The second kappa shape index (κ2) is 6.07. The molecule has 0 unspecified atom stereocenters. The molecule has 0 saturated carbocycles. The van der Waals surface area contributed by atoms with Gasteiger partial charge < -0.3 is 25.6 Å². The van der Waals surface area contributed by atoms with Gasteiger partial charge in [-0.25, -0.2) is 0 Å². The van der Waals surface area contributed by atoms with Crippen LogP contribution in [0.1, 0.15) is 33.6 Å². The normalized spacial score (nSPS) is 18.3. The number of rotatable bonds is 4. The number of ether oxygens (including phenoxy) is 2. The predicted molar refractivity (Wildman–Crippen MR) is 82.5 cm³/mol. The summed E-state index contributed by atoms with van der Waals surface area (Å²) in [6, 6.07) is 3.57. The molecule has 0 bridgehead atoms. The summed E-state index contributed by atoms with van der Waals surface area (Å²) in [4.78, 5) is 4.43. The van der Waals surface area contributed by atoms with Crippen molar-refractivity contribution in [3.05, 3.63) is 12.1 Å². The molecule has 1 fully saturated rings. The molecule has 0 atom stereocenters. The first-order valence-electron chi connectivity index (χ1n) is 7.26. The van der Waals surface area contributed by atoms with Crippen molar-refractivity contribution in [2.24, 2.45) is 0 Å². The molecule has 2 rings (SSSR count). The fourth-order valence-electron chi connectivity index (χ4n) is 2.25. The Kier molecular flexibility index (Phi) is 4.58. The van der Waals surface area contributed by atoms with E-state index in [0.29, 0.717) is 30.6 Å². The van der Waals surface area contributed by atoms with Gasteiger partial charge in [-0.1, -0.05) is 0 Å².